The Morgan fingerprint density at radius 1 is 0.848 bits per heavy atom. The van der Waals surface area contributed by atoms with E-state index in [1.165, 1.54) is 0 Å². The molecule has 5 rings (SSSR count). The summed E-state index contributed by atoms with van der Waals surface area (Å²) in [5, 5.41) is 19.1. The minimum absolute atomic E-state index is 0.0798. The van der Waals surface area contributed by atoms with E-state index in [9.17, 15) is 24.3 Å². The fraction of sp³-hybridized carbons (Fsp3) is 0.333. The average molecular weight is 645 g/mol. The van der Waals surface area contributed by atoms with E-state index in [0.717, 1.165) is 17.5 Å². The van der Waals surface area contributed by atoms with Crippen LogP contribution in [0, 0.1) is 11.8 Å². The van der Waals surface area contributed by atoms with Gasteiger partial charge in [0.1, 0.15) is 23.1 Å². The van der Waals surface area contributed by atoms with E-state index in [-0.39, 0.29) is 42.0 Å². The molecule has 1 aliphatic carbocycles. The Hall–Kier alpha value is -4.91. The number of ether oxygens (including phenoxy) is 1. The van der Waals surface area contributed by atoms with Gasteiger partial charge in [0.15, 0.2) is 0 Å². The molecule has 0 bridgehead atoms. The van der Waals surface area contributed by atoms with Crippen LogP contribution in [-0.2, 0) is 25.6 Å². The second kappa shape index (κ2) is 15.4. The number of hydrazine groups is 1. The smallest absolute Gasteiger partial charge is 0.326 e. The summed E-state index contributed by atoms with van der Waals surface area (Å²) in [6.45, 7) is 0. The summed E-state index contributed by atoms with van der Waals surface area (Å²) in [6.07, 6.45) is 2.09. The number of nitrogens with one attached hydrogen (secondary N) is 4. The third kappa shape index (κ3) is 8.42. The maximum atomic E-state index is 13.0. The zero-order chi connectivity index (χ0) is 32.5. The van der Waals surface area contributed by atoms with Crippen LogP contribution in [0.25, 0.3) is 0 Å². The van der Waals surface area contributed by atoms with Crippen molar-refractivity contribution >= 4 is 47.0 Å². The van der Waals surface area contributed by atoms with E-state index in [2.05, 4.69) is 31.1 Å². The van der Waals surface area contributed by atoms with E-state index in [4.69, 9.17) is 4.74 Å². The minimum atomic E-state index is -1.14. The zero-order valence-corrected chi connectivity index (χ0v) is 26.0. The molecule has 3 amide bonds. The van der Waals surface area contributed by atoms with Crippen LogP contribution in [0.5, 0.6) is 5.75 Å². The molecule has 2 aliphatic rings. The topological polar surface area (TPSA) is 171 Å². The predicted octanol–water partition coefficient (Wildman–Crippen LogP) is 4.92. The molecule has 1 fully saturated rings. The quantitative estimate of drug-likeness (QED) is 0.137. The molecule has 3 aromatic carbocycles. The van der Waals surface area contributed by atoms with Crippen LogP contribution in [0.15, 0.2) is 88.5 Å². The van der Waals surface area contributed by atoms with Crippen LogP contribution in [0.4, 0.5) is 11.4 Å². The summed E-state index contributed by atoms with van der Waals surface area (Å²) >= 11 is 1.12. The first-order valence-electron chi connectivity index (χ1n) is 15.0. The Labute approximate surface area is 270 Å². The maximum absolute atomic E-state index is 13.0. The SMILES string of the molecule is COc1ccc(NNC(=O)C2CCC(C(=O)N[C@@H](Cc3ccc(NC(=O)C4SN=NC4c4ccccc4)cc3)C(=O)O)CC2)cc1. The maximum Gasteiger partial charge on any atom is 0.326 e. The van der Waals surface area contributed by atoms with Gasteiger partial charge < -0.3 is 20.5 Å². The minimum Gasteiger partial charge on any atom is -0.497 e. The largest absolute Gasteiger partial charge is 0.497 e. The number of carbonyl (C=O) groups is 4. The molecule has 2 unspecified atom stereocenters. The second-order valence-corrected chi connectivity index (χ2v) is 12.1. The molecule has 46 heavy (non-hydrogen) atoms. The third-order valence-electron chi connectivity index (χ3n) is 8.18. The first-order chi connectivity index (χ1) is 22.3. The molecule has 1 aliphatic heterocycles. The molecule has 0 radical (unpaired) electrons. The van der Waals surface area contributed by atoms with Gasteiger partial charge in [-0.05, 0) is 73.2 Å². The number of nitrogens with zero attached hydrogens (tertiary/aromatic N) is 2. The summed E-state index contributed by atoms with van der Waals surface area (Å²) in [5.41, 5.74) is 8.49. The van der Waals surface area contributed by atoms with Gasteiger partial charge in [-0.25, -0.2) is 4.79 Å². The highest BCUT2D eigenvalue weighted by Gasteiger charge is 2.35. The lowest BCUT2D eigenvalue weighted by Gasteiger charge is -2.28. The van der Waals surface area contributed by atoms with Gasteiger partial charge >= 0.3 is 5.97 Å². The molecule has 5 N–H and O–H groups in total. The number of carboxylic acid groups (broad SMARTS) is 1. The normalized spacial score (nSPS) is 21.1. The number of hydrogen-bond donors (Lipinski definition) is 5. The fourth-order valence-electron chi connectivity index (χ4n) is 5.52. The molecule has 12 nitrogen and oxygen atoms in total. The molecule has 0 spiro atoms. The summed E-state index contributed by atoms with van der Waals surface area (Å²) in [4.78, 5) is 50.7. The van der Waals surface area contributed by atoms with Crippen LogP contribution in [0.3, 0.4) is 0 Å². The number of aliphatic carboxylic acids is 1. The number of hydrogen-bond acceptors (Lipinski definition) is 9. The van der Waals surface area contributed by atoms with Gasteiger partial charge in [-0.2, -0.15) is 5.11 Å². The Bertz CT molecular complexity index is 1550. The van der Waals surface area contributed by atoms with Crippen molar-refractivity contribution in [3.05, 3.63) is 90.0 Å². The summed E-state index contributed by atoms with van der Waals surface area (Å²) in [5.74, 6) is -1.75. The number of anilines is 2. The number of rotatable bonds is 12. The Balaban J connectivity index is 1.07. The molecule has 3 aromatic rings. The highest BCUT2D eigenvalue weighted by Crippen LogP contribution is 2.38. The predicted molar refractivity (Wildman–Crippen MR) is 174 cm³/mol. The third-order valence-corrected chi connectivity index (χ3v) is 9.07. The lowest BCUT2D eigenvalue weighted by Crippen LogP contribution is -2.46. The summed E-state index contributed by atoms with van der Waals surface area (Å²) in [7, 11) is 1.58. The lowest BCUT2D eigenvalue weighted by atomic mass is 9.81. The van der Waals surface area contributed by atoms with Gasteiger partial charge in [0.05, 0.1) is 12.8 Å². The van der Waals surface area contributed by atoms with E-state index in [1.807, 2.05) is 30.3 Å². The van der Waals surface area contributed by atoms with Crippen LogP contribution in [0.2, 0.25) is 0 Å². The monoisotopic (exact) mass is 644 g/mol. The highest BCUT2D eigenvalue weighted by molar-refractivity contribution is 7.99. The van der Waals surface area contributed by atoms with Gasteiger partial charge in [-0.3, -0.25) is 25.2 Å². The van der Waals surface area contributed by atoms with Gasteiger partial charge in [0.25, 0.3) is 0 Å². The van der Waals surface area contributed by atoms with E-state index >= 15 is 0 Å². The summed E-state index contributed by atoms with van der Waals surface area (Å²) in [6, 6.07) is 22.0. The Kier molecular flexibility index (Phi) is 10.9. The first-order valence-corrected chi connectivity index (χ1v) is 15.9. The second-order valence-electron chi connectivity index (χ2n) is 11.3. The fourth-order valence-corrected chi connectivity index (χ4v) is 6.26. The van der Waals surface area contributed by atoms with E-state index < -0.39 is 17.3 Å². The van der Waals surface area contributed by atoms with Crippen molar-refractivity contribution in [2.75, 3.05) is 17.9 Å². The van der Waals surface area contributed by atoms with Crippen molar-refractivity contribution in [1.29, 1.82) is 0 Å². The molecular formula is C33H36N6O6S. The van der Waals surface area contributed by atoms with Crippen molar-refractivity contribution in [3.63, 3.8) is 0 Å². The molecule has 0 aromatic heterocycles. The summed E-state index contributed by atoms with van der Waals surface area (Å²) < 4.78 is 9.14. The van der Waals surface area contributed by atoms with Crippen molar-refractivity contribution < 1.29 is 29.0 Å². The van der Waals surface area contributed by atoms with Gasteiger partial charge in [-0.1, -0.05) is 42.5 Å². The number of benzene rings is 3. The van der Waals surface area contributed by atoms with E-state index in [0.29, 0.717) is 48.4 Å². The zero-order valence-electron chi connectivity index (χ0n) is 25.2. The molecule has 3 atom stereocenters. The van der Waals surface area contributed by atoms with Crippen molar-refractivity contribution in [2.24, 2.45) is 21.5 Å². The molecule has 0 saturated heterocycles. The number of carboxylic acids is 1. The standard InChI is InChI=1S/C33H36N6O6S/c1-45-26-17-15-25(16-18-26)36-38-31(41)23-11-9-22(10-12-23)30(40)35-27(33(43)44)19-20-7-13-24(14-8-20)34-32(42)29-28(37-39-46-29)21-5-3-2-4-6-21/h2-8,13-18,22-23,27-29,36H,9-12,19H2,1H3,(H,34,42)(H,35,40)(H,38,41)(H,43,44)/t22?,23?,27-,28?,29?/m0/s1. The molecule has 1 saturated carbocycles. The number of carbonyl (C=O) groups excluding carboxylic acids is 3. The molecule has 1 heterocycles. The lowest BCUT2D eigenvalue weighted by molar-refractivity contribution is -0.142. The molecular weight excluding hydrogens is 608 g/mol. The van der Waals surface area contributed by atoms with Gasteiger partial charge in [-0.15, -0.1) is 4.52 Å². The van der Waals surface area contributed by atoms with Crippen LogP contribution < -0.4 is 26.2 Å². The Morgan fingerprint density at radius 2 is 1.48 bits per heavy atom. The average Bonchev–Trinajstić information content (AvgIpc) is 3.59. The van der Waals surface area contributed by atoms with Crippen molar-refractivity contribution in [1.82, 2.24) is 10.7 Å². The highest BCUT2D eigenvalue weighted by atomic mass is 32.2. The van der Waals surface area contributed by atoms with Crippen LogP contribution in [-0.4, -0.2) is 47.2 Å². The first kappa shape index (κ1) is 32.5. The molecule has 240 valence electrons. The Morgan fingerprint density at radius 3 is 2.11 bits per heavy atom. The van der Waals surface area contributed by atoms with Gasteiger partial charge in [0.2, 0.25) is 17.7 Å². The van der Waals surface area contributed by atoms with Crippen LogP contribution >= 0.6 is 11.9 Å². The number of methoxy groups -OCH3 is 1. The molecule has 13 heteroatoms. The van der Waals surface area contributed by atoms with Crippen molar-refractivity contribution in [2.45, 2.75) is 49.4 Å². The number of amides is 3. The van der Waals surface area contributed by atoms with Gasteiger partial charge in [0, 0.05) is 35.9 Å². The van der Waals surface area contributed by atoms with E-state index in [1.54, 1.807) is 55.6 Å². The van der Waals surface area contributed by atoms with Crippen LogP contribution in [0.1, 0.15) is 42.9 Å². The van der Waals surface area contributed by atoms with Crippen molar-refractivity contribution in [3.8, 4) is 5.75 Å².